The van der Waals surface area contributed by atoms with Gasteiger partial charge in [0.2, 0.25) is 11.8 Å². The molecule has 6 fully saturated rings. The molecule has 186 valence electrons. The van der Waals surface area contributed by atoms with Crippen molar-refractivity contribution < 1.29 is 14.7 Å². The summed E-state index contributed by atoms with van der Waals surface area (Å²) in [6.07, 6.45) is 9.74. The number of hydrogen-bond donors (Lipinski definition) is 1. The molecule has 0 radical (unpaired) electrons. The molecule has 7 atom stereocenters. The third-order valence-electron chi connectivity index (χ3n) is 11.8. The quantitative estimate of drug-likeness (QED) is 0.730. The molecule has 0 aromatic heterocycles. The fraction of sp³-hybridized carbons (Fsp3) is 0.724. The number of benzene rings is 1. The maximum Gasteiger partial charge on any atom is 0.245 e. The van der Waals surface area contributed by atoms with E-state index in [0.717, 1.165) is 38.3 Å². The smallest absolute Gasteiger partial charge is 0.245 e. The highest BCUT2D eigenvalue weighted by Gasteiger charge is 2.76. The third kappa shape index (κ3) is 2.50. The Hall–Kier alpha value is -2.08. The van der Waals surface area contributed by atoms with Gasteiger partial charge in [0.15, 0.2) is 0 Å². The van der Waals surface area contributed by atoms with Crippen LogP contribution in [0, 0.1) is 23.2 Å². The van der Waals surface area contributed by atoms with Crippen molar-refractivity contribution in [3.8, 4) is 5.75 Å². The molecule has 1 aromatic rings. The van der Waals surface area contributed by atoms with E-state index in [-0.39, 0.29) is 34.7 Å². The van der Waals surface area contributed by atoms with Gasteiger partial charge in [-0.1, -0.05) is 6.07 Å². The second-order valence-electron chi connectivity index (χ2n) is 13.0. The molecule has 8 rings (SSSR count). The van der Waals surface area contributed by atoms with Gasteiger partial charge in [0.25, 0.3) is 0 Å². The lowest BCUT2D eigenvalue weighted by Gasteiger charge is -2.66. The molecule has 3 aliphatic heterocycles. The Labute approximate surface area is 207 Å². The number of nitrogens with zero attached hydrogens (tertiary/aromatic N) is 3. The Balaban J connectivity index is 1.22. The van der Waals surface area contributed by atoms with Crippen molar-refractivity contribution in [2.24, 2.45) is 23.2 Å². The van der Waals surface area contributed by atoms with Crippen molar-refractivity contribution in [3.05, 3.63) is 29.3 Å². The zero-order valence-electron chi connectivity index (χ0n) is 20.8. The van der Waals surface area contributed by atoms with E-state index >= 15 is 0 Å². The van der Waals surface area contributed by atoms with E-state index in [4.69, 9.17) is 0 Å². The van der Waals surface area contributed by atoms with Crippen molar-refractivity contribution in [3.63, 3.8) is 0 Å². The predicted octanol–water partition coefficient (Wildman–Crippen LogP) is 2.92. The Kier molecular flexibility index (Phi) is 4.10. The molecule has 0 spiro atoms. The van der Waals surface area contributed by atoms with Gasteiger partial charge in [-0.3, -0.25) is 14.5 Å². The van der Waals surface area contributed by atoms with Crippen LogP contribution in [0.3, 0.4) is 0 Å². The fourth-order valence-corrected chi connectivity index (χ4v) is 10.5. The number of carbonyl (C=O) groups is 2. The van der Waals surface area contributed by atoms with E-state index in [0.29, 0.717) is 36.5 Å². The van der Waals surface area contributed by atoms with Crippen LogP contribution in [0.2, 0.25) is 0 Å². The Morgan fingerprint density at radius 3 is 2.80 bits per heavy atom. The van der Waals surface area contributed by atoms with Crippen LogP contribution >= 0.6 is 0 Å². The normalized spacial score (nSPS) is 43.5. The maximum atomic E-state index is 13.8. The maximum absolute atomic E-state index is 13.8. The van der Waals surface area contributed by atoms with Crippen LogP contribution in [0.5, 0.6) is 5.75 Å². The third-order valence-corrected chi connectivity index (χ3v) is 11.8. The van der Waals surface area contributed by atoms with E-state index in [2.05, 4.69) is 21.9 Å². The highest BCUT2D eigenvalue weighted by molar-refractivity contribution is 5.91. The van der Waals surface area contributed by atoms with Crippen LogP contribution in [0.15, 0.2) is 18.2 Å². The lowest BCUT2D eigenvalue weighted by Crippen LogP contribution is -2.70. The van der Waals surface area contributed by atoms with Gasteiger partial charge in [-0.15, -0.1) is 0 Å². The lowest BCUT2D eigenvalue weighted by atomic mass is 9.43. The number of phenolic OH excluding ortho intramolecular Hbond substituents is 1. The molecule has 3 heterocycles. The molecule has 7 aliphatic rings. The van der Waals surface area contributed by atoms with Gasteiger partial charge in [0.1, 0.15) is 11.8 Å². The first-order chi connectivity index (χ1) is 16.9. The van der Waals surface area contributed by atoms with Gasteiger partial charge in [0, 0.05) is 44.1 Å². The summed E-state index contributed by atoms with van der Waals surface area (Å²) in [6, 6.07) is 6.79. The minimum atomic E-state index is -0.277. The number of fused-ring (bicyclic) bond motifs is 1. The van der Waals surface area contributed by atoms with Gasteiger partial charge in [-0.25, -0.2) is 0 Å². The summed E-state index contributed by atoms with van der Waals surface area (Å²) >= 11 is 0. The molecular weight excluding hydrogens is 438 g/mol. The molecular formula is C29H37N3O3. The Morgan fingerprint density at radius 2 is 2.03 bits per heavy atom. The zero-order valence-corrected chi connectivity index (χ0v) is 20.8. The topological polar surface area (TPSA) is 64.1 Å². The Morgan fingerprint density at radius 1 is 1.17 bits per heavy atom. The molecule has 1 aromatic carbocycles. The highest BCUT2D eigenvalue weighted by atomic mass is 16.3. The average molecular weight is 476 g/mol. The van der Waals surface area contributed by atoms with E-state index in [1.807, 2.05) is 6.07 Å². The van der Waals surface area contributed by atoms with E-state index in [1.165, 1.54) is 43.4 Å². The molecule has 6 heteroatoms. The minimum absolute atomic E-state index is 0.0735. The average Bonchev–Trinajstić information content (AvgIpc) is 3.43. The lowest BCUT2D eigenvalue weighted by molar-refractivity contribution is -0.146. The summed E-state index contributed by atoms with van der Waals surface area (Å²) in [4.78, 5) is 32.8. The van der Waals surface area contributed by atoms with Crippen molar-refractivity contribution in [1.29, 1.82) is 0 Å². The predicted molar refractivity (Wildman–Crippen MR) is 131 cm³/mol. The van der Waals surface area contributed by atoms with Gasteiger partial charge >= 0.3 is 0 Å². The first kappa shape index (κ1) is 21.0. The van der Waals surface area contributed by atoms with Gasteiger partial charge in [-0.2, -0.15) is 0 Å². The number of carbonyl (C=O) groups excluding carboxylic acids is 2. The van der Waals surface area contributed by atoms with Gasteiger partial charge in [0.05, 0.1) is 0 Å². The molecule has 6 nitrogen and oxygen atoms in total. The molecule has 4 bridgehead atoms. The number of phenols is 1. The molecule has 35 heavy (non-hydrogen) atoms. The first-order valence-electron chi connectivity index (χ1n) is 14.1. The number of likely N-dealkylation sites (N-methyl/N-ethyl adjacent to an activating group) is 1. The number of piperidine rings is 1. The van der Waals surface area contributed by atoms with Crippen molar-refractivity contribution in [1.82, 2.24) is 14.7 Å². The van der Waals surface area contributed by atoms with Crippen LogP contribution < -0.4 is 0 Å². The van der Waals surface area contributed by atoms with Crippen LogP contribution in [-0.2, 0) is 21.4 Å². The van der Waals surface area contributed by atoms with Crippen molar-refractivity contribution in [2.75, 3.05) is 26.7 Å². The molecule has 2 amide bonds. The van der Waals surface area contributed by atoms with Crippen LogP contribution in [0.1, 0.15) is 62.5 Å². The summed E-state index contributed by atoms with van der Waals surface area (Å²) < 4.78 is 0. The summed E-state index contributed by atoms with van der Waals surface area (Å²) in [5.74, 6) is 2.60. The van der Waals surface area contributed by atoms with Crippen LogP contribution in [0.25, 0.3) is 0 Å². The monoisotopic (exact) mass is 475 g/mol. The summed E-state index contributed by atoms with van der Waals surface area (Å²) in [5.41, 5.74) is 3.21. The summed E-state index contributed by atoms with van der Waals surface area (Å²) in [5, 5.41) is 10.6. The second kappa shape index (κ2) is 6.81. The summed E-state index contributed by atoms with van der Waals surface area (Å²) in [7, 11) is 1.81. The summed E-state index contributed by atoms with van der Waals surface area (Å²) in [6.45, 7) is 3.28. The fourth-order valence-electron chi connectivity index (χ4n) is 10.5. The molecule has 5 unspecified atom stereocenters. The number of rotatable bonds is 3. The largest absolute Gasteiger partial charge is 0.508 e. The second-order valence-corrected chi connectivity index (χ2v) is 13.0. The van der Waals surface area contributed by atoms with E-state index in [1.54, 1.807) is 11.9 Å². The number of amides is 2. The highest BCUT2D eigenvalue weighted by Crippen LogP contribution is 2.75. The number of hydrogen-bond acceptors (Lipinski definition) is 4. The van der Waals surface area contributed by atoms with E-state index in [9.17, 15) is 14.7 Å². The molecule has 3 saturated heterocycles. The standard InChI is InChI=1S/C29H37N3O3/c1-30-23(6-7-25(30)34)27(35)32-16-19-14-28-9-8-22(32)26(19)29(28)10-11-31(15-17-2-3-17)24(28)12-18-4-5-20(33)13-21(18)29/h4-5,13,17,19,22-24,26,33H,2-3,6-12,14-16H2,1H3/t19-,22?,23-,24?,26?,28?,29?/m1/s1. The Bertz CT molecular complexity index is 1130. The molecule has 1 N–H and O–H groups in total. The zero-order chi connectivity index (χ0) is 23.7. The first-order valence-corrected chi connectivity index (χ1v) is 14.1. The molecule has 3 saturated carbocycles. The van der Waals surface area contributed by atoms with Crippen molar-refractivity contribution >= 4 is 11.8 Å². The molecule has 4 aliphatic carbocycles. The number of likely N-dealkylation sites (tertiary alicyclic amines) is 3. The van der Waals surface area contributed by atoms with Crippen LogP contribution in [0.4, 0.5) is 0 Å². The van der Waals surface area contributed by atoms with Crippen molar-refractivity contribution in [2.45, 2.75) is 81.3 Å². The minimum Gasteiger partial charge on any atom is -0.508 e. The van der Waals surface area contributed by atoms with E-state index < -0.39 is 0 Å². The van der Waals surface area contributed by atoms with Gasteiger partial charge in [-0.05, 0) is 104 Å². The number of aromatic hydroxyl groups is 1. The van der Waals surface area contributed by atoms with Gasteiger partial charge < -0.3 is 14.9 Å². The SMILES string of the molecule is CN1C(=O)CC[C@@H]1C(=O)N1C[C@H]2CC34CCC1C2C31CCN(CC2CC2)C4Cc2ccc(O)cc21. The van der Waals surface area contributed by atoms with Crippen LogP contribution in [-0.4, -0.2) is 76.4 Å².